The molecule has 1 aliphatic heterocycles. The van der Waals surface area contributed by atoms with Crippen LogP contribution < -0.4 is 0 Å². The molecule has 0 bridgehead atoms. The topological polar surface area (TPSA) is 38.7 Å². The zero-order valence-electron chi connectivity index (χ0n) is 7.12. The van der Waals surface area contributed by atoms with Crippen molar-refractivity contribution in [3.05, 3.63) is 0 Å². The predicted octanol–water partition coefficient (Wildman–Crippen LogP) is 0.561. The lowest BCUT2D eigenvalue weighted by molar-refractivity contribution is -0.109. The molecular weight excluding hydrogens is 144 g/mol. The molecule has 1 unspecified atom stereocenters. The lowest BCUT2D eigenvalue weighted by Gasteiger charge is -2.30. The lowest BCUT2D eigenvalue weighted by Crippen LogP contribution is -2.36. The van der Waals surface area contributed by atoms with Crippen LogP contribution in [0.3, 0.4) is 0 Å². The van der Waals surface area contributed by atoms with Gasteiger partial charge in [0.05, 0.1) is 24.9 Å². The maximum atomic E-state index is 9.34. The van der Waals surface area contributed by atoms with Crippen LogP contribution in [0.4, 0.5) is 0 Å². The fourth-order valence-electron chi connectivity index (χ4n) is 1.52. The average molecular weight is 160 g/mol. The summed E-state index contributed by atoms with van der Waals surface area (Å²) in [6.45, 7) is 2.56. The molecule has 0 radical (unpaired) electrons. The monoisotopic (exact) mass is 160 g/mol. The summed E-state index contributed by atoms with van der Waals surface area (Å²) in [6.07, 6.45) is 1.50. The van der Waals surface area contributed by atoms with Crippen molar-refractivity contribution in [1.29, 1.82) is 0 Å². The van der Waals surface area contributed by atoms with Gasteiger partial charge < -0.3 is 14.6 Å². The maximum Gasteiger partial charge on any atom is 0.0836 e. The van der Waals surface area contributed by atoms with Crippen molar-refractivity contribution < 1.29 is 14.6 Å². The largest absolute Gasteiger partial charge is 0.393 e. The van der Waals surface area contributed by atoms with E-state index in [2.05, 4.69) is 0 Å². The summed E-state index contributed by atoms with van der Waals surface area (Å²) in [6, 6.07) is 0. The average Bonchev–Trinajstić information content (AvgIpc) is 1.85. The molecule has 0 aromatic carbocycles. The van der Waals surface area contributed by atoms with Crippen molar-refractivity contribution >= 4 is 0 Å². The van der Waals surface area contributed by atoms with Gasteiger partial charge in [-0.3, -0.25) is 0 Å². The van der Waals surface area contributed by atoms with E-state index in [1.807, 2.05) is 6.92 Å². The third-order valence-electron chi connectivity index (χ3n) is 1.92. The summed E-state index contributed by atoms with van der Waals surface area (Å²) in [5, 5.41) is 9.34. The Morgan fingerprint density at radius 2 is 2.27 bits per heavy atom. The Labute approximate surface area is 67.3 Å². The van der Waals surface area contributed by atoms with Gasteiger partial charge >= 0.3 is 0 Å². The van der Waals surface area contributed by atoms with Crippen molar-refractivity contribution in [2.24, 2.45) is 0 Å². The smallest absolute Gasteiger partial charge is 0.0836 e. The fourth-order valence-corrected chi connectivity index (χ4v) is 1.52. The highest BCUT2D eigenvalue weighted by atomic mass is 16.5. The summed E-state index contributed by atoms with van der Waals surface area (Å²) in [5.41, 5.74) is 0. The highest BCUT2D eigenvalue weighted by Crippen LogP contribution is 2.19. The number of aliphatic hydroxyl groups is 1. The highest BCUT2D eigenvalue weighted by molar-refractivity contribution is 4.74. The van der Waals surface area contributed by atoms with Gasteiger partial charge in [0.1, 0.15) is 0 Å². The molecule has 1 rings (SSSR count). The molecule has 3 atom stereocenters. The summed E-state index contributed by atoms with van der Waals surface area (Å²) in [5.74, 6) is 0. The maximum absolute atomic E-state index is 9.34. The first kappa shape index (κ1) is 8.97. The van der Waals surface area contributed by atoms with Crippen LogP contribution in [0.15, 0.2) is 0 Å². The summed E-state index contributed by atoms with van der Waals surface area (Å²) >= 11 is 0. The van der Waals surface area contributed by atoms with Crippen LogP contribution in [-0.4, -0.2) is 37.1 Å². The Morgan fingerprint density at radius 1 is 1.55 bits per heavy atom. The van der Waals surface area contributed by atoms with Gasteiger partial charge in [-0.05, 0) is 13.3 Å². The number of aliphatic hydroxyl groups excluding tert-OH is 1. The van der Waals surface area contributed by atoms with Crippen LogP contribution in [0.1, 0.15) is 19.8 Å². The molecule has 0 aromatic rings. The molecule has 11 heavy (non-hydrogen) atoms. The van der Waals surface area contributed by atoms with Crippen LogP contribution in [-0.2, 0) is 9.47 Å². The molecule has 66 valence electrons. The Bertz CT molecular complexity index is 106. The molecule has 1 saturated heterocycles. The number of hydrogen-bond donors (Lipinski definition) is 1. The van der Waals surface area contributed by atoms with Gasteiger partial charge in [-0.1, -0.05) is 0 Å². The van der Waals surface area contributed by atoms with Crippen molar-refractivity contribution in [2.75, 3.05) is 13.7 Å². The highest BCUT2D eigenvalue weighted by Gasteiger charge is 2.25. The third-order valence-corrected chi connectivity index (χ3v) is 1.92. The first-order chi connectivity index (χ1) is 5.22. The summed E-state index contributed by atoms with van der Waals surface area (Å²) in [4.78, 5) is 0. The molecule has 3 nitrogen and oxygen atoms in total. The third kappa shape index (κ3) is 2.77. The van der Waals surface area contributed by atoms with Gasteiger partial charge in [0.2, 0.25) is 0 Å². The predicted molar refractivity (Wildman–Crippen MR) is 41.5 cm³/mol. The molecule has 0 aliphatic carbocycles. The molecule has 0 saturated carbocycles. The number of rotatable bonds is 2. The van der Waals surface area contributed by atoms with E-state index in [9.17, 15) is 5.11 Å². The minimum atomic E-state index is -0.209. The minimum absolute atomic E-state index is 0.0822. The zero-order valence-corrected chi connectivity index (χ0v) is 7.12. The Morgan fingerprint density at radius 3 is 2.82 bits per heavy atom. The van der Waals surface area contributed by atoms with E-state index in [0.29, 0.717) is 13.0 Å². The summed E-state index contributed by atoms with van der Waals surface area (Å²) < 4.78 is 10.5. The molecule has 1 aliphatic rings. The molecular formula is C8H16O3. The van der Waals surface area contributed by atoms with E-state index < -0.39 is 0 Å². The molecule has 0 aromatic heterocycles. The second kappa shape index (κ2) is 4.04. The lowest BCUT2D eigenvalue weighted by atomic mass is 10.0. The van der Waals surface area contributed by atoms with Crippen LogP contribution in [0.25, 0.3) is 0 Å². The van der Waals surface area contributed by atoms with Gasteiger partial charge in [-0.15, -0.1) is 0 Å². The van der Waals surface area contributed by atoms with Crippen molar-refractivity contribution in [3.8, 4) is 0 Å². The second-order valence-electron chi connectivity index (χ2n) is 3.15. The van der Waals surface area contributed by atoms with Crippen molar-refractivity contribution in [1.82, 2.24) is 0 Å². The zero-order chi connectivity index (χ0) is 8.27. The first-order valence-corrected chi connectivity index (χ1v) is 4.05. The van der Waals surface area contributed by atoms with Gasteiger partial charge in [-0.25, -0.2) is 0 Å². The van der Waals surface area contributed by atoms with E-state index in [1.165, 1.54) is 0 Å². The van der Waals surface area contributed by atoms with Crippen LogP contribution in [0, 0.1) is 0 Å². The van der Waals surface area contributed by atoms with E-state index >= 15 is 0 Å². The Kier molecular flexibility index (Phi) is 3.30. The normalized spacial score (nSPS) is 39.0. The van der Waals surface area contributed by atoms with Gasteiger partial charge in [0.25, 0.3) is 0 Å². The molecule has 1 N–H and O–H groups in total. The number of hydrogen-bond acceptors (Lipinski definition) is 3. The second-order valence-corrected chi connectivity index (χ2v) is 3.15. The molecule has 0 spiro atoms. The summed E-state index contributed by atoms with van der Waals surface area (Å²) in [7, 11) is 1.65. The minimum Gasteiger partial charge on any atom is -0.393 e. The number of ether oxygens (including phenoxy) is 2. The van der Waals surface area contributed by atoms with E-state index in [1.54, 1.807) is 7.11 Å². The standard InChI is InChI=1S/C8H16O3/c1-6-3-7(9)4-8(11-6)5-10-2/h6-9H,3-5H2,1-2H3/t6?,7-,8+/m1/s1. The number of methoxy groups -OCH3 is 1. The molecule has 3 heteroatoms. The fraction of sp³-hybridized carbons (Fsp3) is 1.00. The molecule has 0 amide bonds. The van der Waals surface area contributed by atoms with E-state index in [0.717, 1.165) is 6.42 Å². The SMILES string of the molecule is COC[C@@H]1C[C@H](O)CC(C)O1. The van der Waals surface area contributed by atoms with Gasteiger partial charge in [0.15, 0.2) is 0 Å². The van der Waals surface area contributed by atoms with Gasteiger partial charge in [0, 0.05) is 13.5 Å². The first-order valence-electron chi connectivity index (χ1n) is 4.05. The van der Waals surface area contributed by atoms with Crippen LogP contribution in [0.2, 0.25) is 0 Å². The van der Waals surface area contributed by atoms with E-state index in [-0.39, 0.29) is 18.3 Å². The quantitative estimate of drug-likeness (QED) is 0.641. The van der Waals surface area contributed by atoms with Crippen LogP contribution >= 0.6 is 0 Å². The van der Waals surface area contributed by atoms with E-state index in [4.69, 9.17) is 9.47 Å². The Balaban J connectivity index is 2.30. The van der Waals surface area contributed by atoms with Crippen molar-refractivity contribution in [3.63, 3.8) is 0 Å². The molecule has 1 heterocycles. The molecule has 1 fully saturated rings. The Hall–Kier alpha value is -0.120. The van der Waals surface area contributed by atoms with Crippen molar-refractivity contribution in [2.45, 2.75) is 38.1 Å². The van der Waals surface area contributed by atoms with Crippen LogP contribution in [0.5, 0.6) is 0 Å². The van der Waals surface area contributed by atoms with Gasteiger partial charge in [-0.2, -0.15) is 0 Å².